The van der Waals surface area contributed by atoms with Gasteiger partial charge in [-0.3, -0.25) is 0 Å². The first-order valence-electron chi connectivity index (χ1n) is 5.10. The molecule has 0 amide bonds. The van der Waals surface area contributed by atoms with Crippen LogP contribution in [-0.4, -0.2) is 44.2 Å². The Labute approximate surface area is 86.1 Å². The van der Waals surface area contributed by atoms with Gasteiger partial charge >= 0.3 is 0 Å². The molecule has 5 heteroatoms. The quantitative estimate of drug-likeness (QED) is 0.672. The summed E-state index contributed by atoms with van der Waals surface area (Å²) in [5.74, 6) is 1.93. The lowest BCUT2D eigenvalue weighted by Gasteiger charge is -2.52. The van der Waals surface area contributed by atoms with E-state index >= 15 is 0 Å². The second-order valence-electron chi connectivity index (χ2n) is 4.72. The number of fused-ring (bicyclic) bond motifs is 2. The zero-order valence-corrected chi connectivity index (χ0v) is 9.79. The standard InChI is InChI=1S/C9H18N2O2S/c1-7-8-4-9(7)6-11(5-8)14(12,13)10(2)3/h7-9H,4-6H2,1-3H3. The van der Waals surface area contributed by atoms with Crippen LogP contribution in [0.25, 0.3) is 0 Å². The van der Waals surface area contributed by atoms with E-state index in [9.17, 15) is 8.42 Å². The maximum atomic E-state index is 11.8. The molecule has 2 heterocycles. The van der Waals surface area contributed by atoms with Crippen molar-refractivity contribution in [3.8, 4) is 0 Å². The molecule has 14 heavy (non-hydrogen) atoms. The summed E-state index contributed by atoms with van der Waals surface area (Å²) < 4.78 is 26.6. The van der Waals surface area contributed by atoms with Crippen molar-refractivity contribution in [1.82, 2.24) is 8.61 Å². The highest BCUT2D eigenvalue weighted by Gasteiger charge is 2.47. The lowest BCUT2D eigenvalue weighted by atomic mass is 9.63. The molecule has 2 bridgehead atoms. The maximum Gasteiger partial charge on any atom is 0.281 e. The van der Waals surface area contributed by atoms with Crippen LogP contribution in [0.15, 0.2) is 0 Å². The molecule has 2 atom stereocenters. The van der Waals surface area contributed by atoms with Crippen LogP contribution in [0, 0.1) is 17.8 Å². The first kappa shape index (κ1) is 10.4. The highest BCUT2D eigenvalue weighted by atomic mass is 32.2. The Morgan fingerprint density at radius 3 is 2.07 bits per heavy atom. The Bertz CT molecular complexity index is 314. The highest BCUT2D eigenvalue weighted by molar-refractivity contribution is 7.86. The molecule has 2 aliphatic heterocycles. The smallest absolute Gasteiger partial charge is 0.195 e. The zero-order chi connectivity index (χ0) is 10.5. The first-order chi connectivity index (χ1) is 6.43. The van der Waals surface area contributed by atoms with E-state index in [1.54, 1.807) is 18.4 Å². The van der Waals surface area contributed by atoms with Gasteiger partial charge in [0.1, 0.15) is 0 Å². The average molecular weight is 218 g/mol. The van der Waals surface area contributed by atoms with Crippen LogP contribution in [0.5, 0.6) is 0 Å². The fraction of sp³-hybridized carbons (Fsp3) is 1.00. The lowest BCUT2D eigenvalue weighted by molar-refractivity contribution is 0.00152. The van der Waals surface area contributed by atoms with E-state index in [0.717, 1.165) is 19.0 Å². The maximum absolute atomic E-state index is 11.8. The molecule has 3 fully saturated rings. The van der Waals surface area contributed by atoms with Crippen molar-refractivity contribution in [2.24, 2.45) is 17.8 Å². The Morgan fingerprint density at radius 1 is 1.21 bits per heavy atom. The molecular formula is C9H18N2O2S. The van der Waals surface area contributed by atoms with Gasteiger partial charge in [0.2, 0.25) is 0 Å². The van der Waals surface area contributed by atoms with Crippen molar-refractivity contribution >= 4 is 10.2 Å². The van der Waals surface area contributed by atoms with Crippen LogP contribution >= 0.6 is 0 Å². The summed E-state index contributed by atoms with van der Waals surface area (Å²) in [6, 6.07) is 0. The monoisotopic (exact) mass is 218 g/mol. The largest absolute Gasteiger partial charge is 0.281 e. The normalized spacial score (nSPS) is 38.4. The van der Waals surface area contributed by atoms with E-state index < -0.39 is 10.2 Å². The Balaban J connectivity index is 2.10. The topological polar surface area (TPSA) is 40.6 Å². The van der Waals surface area contributed by atoms with E-state index in [1.165, 1.54) is 10.7 Å². The minimum absolute atomic E-state index is 0.600. The summed E-state index contributed by atoms with van der Waals surface area (Å²) in [4.78, 5) is 0. The van der Waals surface area contributed by atoms with Gasteiger partial charge in [-0.2, -0.15) is 17.0 Å². The molecule has 3 aliphatic rings. The first-order valence-corrected chi connectivity index (χ1v) is 6.50. The lowest BCUT2D eigenvalue weighted by Crippen LogP contribution is -2.57. The van der Waals surface area contributed by atoms with Crippen LogP contribution in [0.1, 0.15) is 13.3 Å². The Hall–Kier alpha value is -0.130. The van der Waals surface area contributed by atoms with Crippen LogP contribution < -0.4 is 0 Å². The van der Waals surface area contributed by atoms with Gasteiger partial charge in [0.25, 0.3) is 10.2 Å². The Kier molecular flexibility index (Phi) is 2.36. The fourth-order valence-electron chi connectivity index (χ4n) is 2.51. The van der Waals surface area contributed by atoms with E-state index in [4.69, 9.17) is 0 Å². The van der Waals surface area contributed by atoms with Crippen molar-refractivity contribution in [3.63, 3.8) is 0 Å². The van der Waals surface area contributed by atoms with E-state index in [1.807, 2.05) is 0 Å². The van der Waals surface area contributed by atoms with Gasteiger partial charge in [-0.1, -0.05) is 6.92 Å². The van der Waals surface area contributed by atoms with Crippen molar-refractivity contribution in [3.05, 3.63) is 0 Å². The molecule has 1 aliphatic carbocycles. The second-order valence-corrected chi connectivity index (χ2v) is 6.86. The van der Waals surface area contributed by atoms with E-state index in [2.05, 4.69) is 6.92 Å². The van der Waals surface area contributed by atoms with Crippen LogP contribution in [0.3, 0.4) is 0 Å². The SMILES string of the molecule is CC1C2CC1CN(S(=O)(=O)N(C)C)C2. The van der Waals surface area contributed by atoms with Crippen LogP contribution in [0.2, 0.25) is 0 Å². The molecule has 82 valence electrons. The third kappa shape index (κ3) is 1.38. The van der Waals surface area contributed by atoms with Crippen molar-refractivity contribution in [2.75, 3.05) is 27.2 Å². The molecule has 0 spiro atoms. The highest BCUT2D eigenvalue weighted by Crippen LogP contribution is 2.45. The van der Waals surface area contributed by atoms with Crippen LogP contribution in [-0.2, 0) is 10.2 Å². The number of nitrogens with zero attached hydrogens (tertiary/aromatic N) is 2. The molecule has 0 aromatic carbocycles. The third-order valence-electron chi connectivity index (χ3n) is 3.76. The predicted octanol–water partition coefficient (Wildman–Crippen LogP) is 0.381. The summed E-state index contributed by atoms with van der Waals surface area (Å²) >= 11 is 0. The van der Waals surface area contributed by atoms with Gasteiger partial charge in [-0.05, 0) is 24.2 Å². The number of hydrogen-bond donors (Lipinski definition) is 0. The van der Waals surface area contributed by atoms with Crippen LogP contribution in [0.4, 0.5) is 0 Å². The van der Waals surface area contributed by atoms with Gasteiger partial charge in [0, 0.05) is 27.2 Å². The molecule has 4 nitrogen and oxygen atoms in total. The minimum Gasteiger partial charge on any atom is -0.195 e. The summed E-state index contributed by atoms with van der Waals surface area (Å²) in [7, 11) is 0.0332. The molecule has 2 saturated heterocycles. The molecule has 0 radical (unpaired) electrons. The average Bonchev–Trinajstić information content (AvgIpc) is 2.17. The summed E-state index contributed by atoms with van der Waals surface area (Å²) in [6.07, 6.45) is 1.22. The van der Waals surface area contributed by atoms with Gasteiger partial charge in [0.05, 0.1) is 0 Å². The molecule has 0 aromatic rings. The number of hydrogen-bond acceptors (Lipinski definition) is 2. The molecular weight excluding hydrogens is 200 g/mol. The predicted molar refractivity (Wildman–Crippen MR) is 54.9 cm³/mol. The zero-order valence-electron chi connectivity index (χ0n) is 8.97. The molecule has 0 aromatic heterocycles. The summed E-state index contributed by atoms with van der Waals surface area (Å²) in [5, 5.41) is 0. The van der Waals surface area contributed by atoms with Gasteiger partial charge in [-0.25, -0.2) is 0 Å². The molecule has 1 saturated carbocycles. The third-order valence-corrected chi connectivity index (χ3v) is 5.63. The Morgan fingerprint density at radius 2 is 1.71 bits per heavy atom. The van der Waals surface area contributed by atoms with Gasteiger partial charge in [-0.15, -0.1) is 0 Å². The van der Waals surface area contributed by atoms with Crippen molar-refractivity contribution in [2.45, 2.75) is 13.3 Å². The van der Waals surface area contributed by atoms with Gasteiger partial charge in [0.15, 0.2) is 0 Å². The van der Waals surface area contributed by atoms with Gasteiger partial charge < -0.3 is 0 Å². The summed E-state index contributed by atoms with van der Waals surface area (Å²) in [5.41, 5.74) is 0. The second kappa shape index (κ2) is 3.18. The van der Waals surface area contributed by atoms with E-state index in [-0.39, 0.29) is 0 Å². The summed E-state index contributed by atoms with van der Waals surface area (Å²) in [6.45, 7) is 3.68. The van der Waals surface area contributed by atoms with Crippen molar-refractivity contribution in [1.29, 1.82) is 0 Å². The number of piperidine rings is 2. The molecule has 3 rings (SSSR count). The minimum atomic E-state index is -3.16. The molecule has 2 unspecified atom stereocenters. The fourth-order valence-corrected chi connectivity index (χ4v) is 3.73. The van der Waals surface area contributed by atoms with E-state index in [0.29, 0.717) is 11.8 Å². The molecule has 0 N–H and O–H groups in total. The number of rotatable bonds is 2. The van der Waals surface area contributed by atoms with Crippen molar-refractivity contribution < 1.29 is 8.42 Å².